The summed E-state index contributed by atoms with van der Waals surface area (Å²) in [6, 6.07) is 8.07. The second kappa shape index (κ2) is 7.41. The molecule has 0 aliphatic carbocycles. The number of unbranched alkanes of at least 4 members (excludes halogenated alkanes) is 1. The first-order chi connectivity index (χ1) is 12.3. The van der Waals surface area contributed by atoms with Crippen molar-refractivity contribution in [2.24, 2.45) is 7.05 Å². The van der Waals surface area contributed by atoms with E-state index < -0.39 is 5.54 Å². The van der Waals surface area contributed by atoms with Crippen molar-refractivity contribution >= 4 is 0 Å². The van der Waals surface area contributed by atoms with Crippen LogP contribution in [-0.4, -0.2) is 21.8 Å². The van der Waals surface area contributed by atoms with Gasteiger partial charge in [-0.2, -0.15) is 0 Å². The topological polar surface area (TPSA) is 41.2 Å². The zero-order valence-corrected chi connectivity index (χ0v) is 16.4. The molecule has 1 aromatic heterocycles. The van der Waals surface area contributed by atoms with Crippen molar-refractivity contribution < 1.29 is 14.5 Å². The quantitative estimate of drug-likeness (QED) is 0.561. The number of benzene rings is 1. The van der Waals surface area contributed by atoms with Crippen molar-refractivity contribution in [1.29, 1.82) is 0 Å². The average Bonchev–Trinajstić information content (AvgIpc) is 3.12. The van der Waals surface area contributed by atoms with Gasteiger partial charge in [-0.05, 0) is 64.2 Å². The zero-order valence-electron chi connectivity index (χ0n) is 16.4. The summed E-state index contributed by atoms with van der Waals surface area (Å²) in [5.41, 5.74) is 0.348. The predicted octanol–water partition coefficient (Wildman–Crippen LogP) is 3.61. The third kappa shape index (κ3) is 3.94. The van der Waals surface area contributed by atoms with Crippen LogP contribution in [0.15, 0.2) is 43.0 Å². The molecule has 5 nitrogen and oxygen atoms in total. The number of hydrogen-bond acceptors (Lipinski definition) is 2. The number of hydroxylamine groups is 2. The van der Waals surface area contributed by atoms with Crippen molar-refractivity contribution in [3.63, 3.8) is 0 Å². The van der Waals surface area contributed by atoms with E-state index in [0.29, 0.717) is 6.61 Å². The molecule has 1 saturated heterocycles. The molecule has 1 radical (unpaired) electrons. The number of rotatable bonds is 7. The van der Waals surface area contributed by atoms with Gasteiger partial charge in [0.2, 0.25) is 6.33 Å². The van der Waals surface area contributed by atoms with Crippen LogP contribution in [0.1, 0.15) is 52.0 Å². The number of nitrogens with zero attached hydrogens (tertiary/aromatic N) is 3. The summed E-state index contributed by atoms with van der Waals surface area (Å²) < 4.78 is 10.1. The van der Waals surface area contributed by atoms with Gasteiger partial charge in [-0.15, -0.1) is 10.3 Å². The number of imidazole rings is 1. The van der Waals surface area contributed by atoms with Gasteiger partial charge >= 0.3 is 0 Å². The Morgan fingerprint density at radius 1 is 1.12 bits per heavy atom. The largest absolute Gasteiger partial charge is 0.494 e. The van der Waals surface area contributed by atoms with E-state index in [0.717, 1.165) is 43.5 Å². The van der Waals surface area contributed by atoms with Gasteiger partial charge in [0.15, 0.2) is 0 Å². The lowest BCUT2D eigenvalue weighted by Crippen LogP contribution is -2.44. The van der Waals surface area contributed by atoms with E-state index in [1.807, 2.05) is 62.8 Å². The first-order valence-corrected chi connectivity index (χ1v) is 9.53. The summed E-state index contributed by atoms with van der Waals surface area (Å²) in [5, 5.41) is 14.0. The minimum Gasteiger partial charge on any atom is -0.494 e. The van der Waals surface area contributed by atoms with E-state index in [1.54, 1.807) is 0 Å². The zero-order chi connectivity index (χ0) is 18.8. The van der Waals surface area contributed by atoms with E-state index in [9.17, 15) is 5.21 Å². The van der Waals surface area contributed by atoms with Gasteiger partial charge in [0.25, 0.3) is 0 Å². The molecule has 0 N–H and O–H groups in total. The lowest BCUT2D eigenvalue weighted by Gasteiger charge is -2.35. The SMILES string of the molecule is C[n+]1ccn(CCCCOc2ccc(C3(C)CCC(C)(C)N3[O])cc2)c1. The fourth-order valence-electron chi connectivity index (χ4n) is 3.81. The van der Waals surface area contributed by atoms with E-state index >= 15 is 0 Å². The first kappa shape index (κ1) is 18.9. The Morgan fingerprint density at radius 2 is 1.85 bits per heavy atom. The Morgan fingerprint density at radius 3 is 2.42 bits per heavy atom. The molecule has 5 heteroatoms. The minimum absolute atomic E-state index is 0.291. The van der Waals surface area contributed by atoms with Gasteiger partial charge in [-0.3, -0.25) is 0 Å². The molecule has 3 rings (SSSR count). The maximum absolute atomic E-state index is 12.7. The highest BCUT2D eigenvalue weighted by Gasteiger charge is 2.49. The molecule has 0 saturated carbocycles. The Kier molecular flexibility index (Phi) is 5.39. The molecule has 1 aliphatic rings. The van der Waals surface area contributed by atoms with Crippen LogP contribution in [0.2, 0.25) is 0 Å². The van der Waals surface area contributed by atoms with Gasteiger partial charge in [0.1, 0.15) is 18.1 Å². The molecule has 26 heavy (non-hydrogen) atoms. The summed E-state index contributed by atoms with van der Waals surface area (Å²) in [4.78, 5) is 0. The molecule has 0 spiro atoms. The standard InChI is InChI=1S/C21H31N3O2/c1-20(2)11-12-21(3,24(20)25)18-7-9-19(10-8-18)26-16-6-5-13-23-15-14-22(4)17-23/h7-10,14-15,17H,5-6,11-13,16H2,1-4H3/q+1. The molecule has 2 aromatic rings. The predicted molar refractivity (Wildman–Crippen MR) is 100.0 cm³/mol. The van der Waals surface area contributed by atoms with Gasteiger partial charge in [0, 0.05) is 5.54 Å². The molecule has 1 atom stereocenters. The van der Waals surface area contributed by atoms with Gasteiger partial charge in [-0.1, -0.05) is 12.1 Å². The monoisotopic (exact) mass is 357 g/mol. The van der Waals surface area contributed by atoms with E-state index in [4.69, 9.17) is 4.74 Å². The van der Waals surface area contributed by atoms with E-state index in [2.05, 4.69) is 17.1 Å². The maximum atomic E-state index is 12.7. The average molecular weight is 357 g/mol. The van der Waals surface area contributed by atoms with Crippen LogP contribution < -0.4 is 9.30 Å². The maximum Gasteiger partial charge on any atom is 0.243 e. The second-order valence-electron chi connectivity index (χ2n) is 8.28. The van der Waals surface area contributed by atoms with Gasteiger partial charge in [0.05, 0.1) is 25.7 Å². The van der Waals surface area contributed by atoms with E-state index in [-0.39, 0.29) is 5.54 Å². The van der Waals surface area contributed by atoms with Crippen LogP contribution in [0, 0.1) is 0 Å². The first-order valence-electron chi connectivity index (χ1n) is 9.53. The molecule has 0 bridgehead atoms. The number of hydrogen-bond donors (Lipinski definition) is 0. The Labute approximate surface area is 156 Å². The Balaban J connectivity index is 1.47. The Hall–Kier alpha value is -1.85. The summed E-state index contributed by atoms with van der Waals surface area (Å²) in [7, 11) is 2.03. The van der Waals surface area contributed by atoms with Crippen LogP contribution in [0.3, 0.4) is 0 Å². The highest BCUT2D eigenvalue weighted by molar-refractivity contribution is 5.32. The van der Waals surface area contributed by atoms with Crippen molar-refractivity contribution in [3.8, 4) is 5.75 Å². The van der Waals surface area contributed by atoms with Crippen molar-refractivity contribution in [3.05, 3.63) is 48.5 Å². The van der Waals surface area contributed by atoms with Gasteiger partial charge < -0.3 is 4.74 Å². The number of aromatic nitrogens is 2. The van der Waals surface area contributed by atoms with Crippen LogP contribution in [0.5, 0.6) is 5.75 Å². The van der Waals surface area contributed by atoms with Crippen LogP contribution in [0.4, 0.5) is 0 Å². The molecule has 1 aromatic carbocycles. The minimum atomic E-state index is -0.436. The summed E-state index contributed by atoms with van der Waals surface area (Å²) in [6.07, 6.45) is 10.1. The van der Waals surface area contributed by atoms with Crippen LogP contribution >= 0.6 is 0 Å². The molecule has 1 aliphatic heterocycles. The fourth-order valence-corrected chi connectivity index (χ4v) is 3.81. The van der Waals surface area contributed by atoms with Crippen LogP contribution in [-0.2, 0) is 24.3 Å². The van der Waals surface area contributed by atoms with E-state index in [1.165, 1.54) is 5.06 Å². The van der Waals surface area contributed by atoms with Gasteiger partial charge in [-0.25, -0.2) is 9.13 Å². The smallest absolute Gasteiger partial charge is 0.243 e. The highest BCUT2D eigenvalue weighted by atomic mass is 16.5. The molecular weight excluding hydrogens is 326 g/mol. The molecule has 2 heterocycles. The van der Waals surface area contributed by atoms with Crippen LogP contribution in [0.25, 0.3) is 0 Å². The Bertz CT molecular complexity index is 723. The van der Waals surface area contributed by atoms with Crippen molar-refractivity contribution in [2.75, 3.05) is 6.61 Å². The molecule has 141 valence electrons. The number of aryl methyl sites for hydroxylation is 2. The normalized spacial score (nSPS) is 22.7. The second-order valence-corrected chi connectivity index (χ2v) is 8.28. The fraction of sp³-hybridized carbons (Fsp3) is 0.571. The molecular formula is C21H31N3O2+. The van der Waals surface area contributed by atoms with Crippen molar-refractivity contribution in [1.82, 2.24) is 9.63 Å². The number of ether oxygens (including phenoxy) is 1. The molecule has 1 unspecified atom stereocenters. The third-order valence-electron chi connectivity index (χ3n) is 5.60. The van der Waals surface area contributed by atoms with Crippen molar-refractivity contribution in [2.45, 2.75) is 64.1 Å². The summed E-state index contributed by atoms with van der Waals surface area (Å²) >= 11 is 0. The third-order valence-corrected chi connectivity index (χ3v) is 5.60. The molecule has 0 amide bonds. The lowest BCUT2D eigenvalue weighted by molar-refractivity contribution is -0.671. The lowest BCUT2D eigenvalue weighted by atomic mass is 9.90. The summed E-state index contributed by atoms with van der Waals surface area (Å²) in [6.45, 7) is 7.82. The molecule has 1 fully saturated rings. The highest BCUT2D eigenvalue weighted by Crippen LogP contribution is 2.46. The summed E-state index contributed by atoms with van der Waals surface area (Å²) in [5.74, 6) is 0.874.